The van der Waals surface area contributed by atoms with Crippen LogP contribution in [0.1, 0.15) is 64.7 Å². The molecule has 0 unspecified atom stereocenters. The Bertz CT molecular complexity index is 162. The molecule has 0 saturated heterocycles. The maximum absolute atomic E-state index is 11.1. The Hall–Kier alpha value is -0.0500. The number of amides is 1. The summed E-state index contributed by atoms with van der Waals surface area (Å²) in [7, 11) is 0. The van der Waals surface area contributed by atoms with Gasteiger partial charge in [-0.1, -0.05) is 67.8 Å². The molecule has 0 aromatic heterocycles. The van der Waals surface area contributed by atoms with Gasteiger partial charge in [0.1, 0.15) is 0 Å². The number of rotatable bonds is 11. The molecular formula is C13H26BrNO. The van der Waals surface area contributed by atoms with Crippen molar-refractivity contribution in [2.45, 2.75) is 64.7 Å². The summed E-state index contributed by atoms with van der Waals surface area (Å²) < 4.78 is 0. The highest BCUT2D eigenvalue weighted by atomic mass is 79.9. The van der Waals surface area contributed by atoms with Gasteiger partial charge in [0.15, 0.2) is 0 Å². The molecule has 3 heteroatoms. The second-order valence-corrected chi connectivity index (χ2v) is 5.06. The summed E-state index contributed by atoms with van der Waals surface area (Å²) in [4.78, 5) is 11.1. The van der Waals surface area contributed by atoms with E-state index in [2.05, 4.69) is 28.2 Å². The van der Waals surface area contributed by atoms with E-state index < -0.39 is 0 Å². The molecule has 0 aliphatic carbocycles. The number of carbonyl (C=O) groups is 1. The summed E-state index contributed by atoms with van der Waals surface area (Å²) in [5.41, 5.74) is 0. The molecule has 0 aliphatic heterocycles. The Morgan fingerprint density at radius 2 is 1.56 bits per heavy atom. The molecule has 0 aromatic rings. The van der Waals surface area contributed by atoms with Crippen LogP contribution in [0.5, 0.6) is 0 Å². The van der Waals surface area contributed by atoms with Crippen LogP contribution >= 0.6 is 15.9 Å². The average molecular weight is 292 g/mol. The van der Waals surface area contributed by atoms with Crippen LogP contribution in [0.3, 0.4) is 0 Å². The van der Waals surface area contributed by atoms with Gasteiger partial charge in [-0.25, -0.2) is 0 Å². The molecule has 0 rings (SSSR count). The first-order chi connectivity index (χ1) is 7.81. The summed E-state index contributed by atoms with van der Waals surface area (Å²) in [6.45, 7) is 3.09. The molecule has 0 fully saturated rings. The van der Waals surface area contributed by atoms with Gasteiger partial charge in [0.05, 0.1) is 0 Å². The molecule has 1 amide bonds. The van der Waals surface area contributed by atoms with E-state index >= 15 is 0 Å². The number of nitrogens with one attached hydrogen (secondary N) is 1. The van der Waals surface area contributed by atoms with Crippen molar-refractivity contribution >= 4 is 21.8 Å². The fourth-order valence-electron chi connectivity index (χ4n) is 1.66. The molecule has 1 N–H and O–H groups in total. The van der Waals surface area contributed by atoms with E-state index in [1.54, 1.807) is 0 Å². The lowest BCUT2D eigenvalue weighted by atomic mass is 10.1. The van der Waals surface area contributed by atoms with Gasteiger partial charge in [0.25, 0.3) is 0 Å². The second kappa shape index (κ2) is 13.0. The Morgan fingerprint density at radius 1 is 1.00 bits per heavy atom. The molecular weight excluding hydrogens is 266 g/mol. The Kier molecular flexibility index (Phi) is 13.0. The fraction of sp³-hybridized carbons (Fsp3) is 0.923. The lowest BCUT2D eigenvalue weighted by molar-refractivity contribution is -0.120. The molecule has 2 nitrogen and oxygen atoms in total. The van der Waals surface area contributed by atoms with Crippen LogP contribution in [0.2, 0.25) is 0 Å². The van der Waals surface area contributed by atoms with Gasteiger partial charge in [-0.2, -0.15) is 0 Å². The van der Waals surface area contributed by atoms with Crippen LogP contribution in [0, 0.1) is 0 Å². The Labute approximate surface area is 109 Å². The van der Waals surface area contributed by atoms with Gasteiger partial charge in [0, 0.05) is 18.3 Å². The summed E-state index contributed by atoms with van der Waals surface area (Å²) in [6, 6.07) is 0. The van der Waals surface area contributed by atoms with E-state index in [4.69, 9.17) is 0 Å². The highest BCUT2D eigenvalue weighted by Gasteiger charge is 1.97. The van der Waals surface area contributed by atoms with Crippen LogP contribution in [-0.2, 0) is 4.79 Å². The largest absolute Gasteiger partial charge is 0.356 e. The minimum absolute atomic E-state index is 0.167. The van der Waals surface area contributed by atoms with Crippen LogP contribution in [0.15, 0.2) is 0 Å². The highest BCUT2D eigenvalue weighted by Crippen LogP contribution is 2.07. The van der Waals surface area contributed by atoms with Crippen molar-refractivity contribution < 1.29 is 4.79 Å². The van der Waals surface area contributed by atoms with Gasteiger partial charge >= 0.3 is 0 Å². The number of alkyl halides is 1. The number of hydrogen-bond acceptors (Lipinski definition) is 1. The topological polar surface area (TPSA) is 29.1 Å². The number of hydrogen-bond donors (Lipinski definition) is 1. The van der Waals surface area contributed by atoms with E-state index in [1.165, 1.54) is 44.9 Å². The van der Waals surface area contributed by atoms with E-state index in [0.717, 1.165) is 18.3 Å². The zero-order chi connectivity index (χ0) is 12.1. The Morgan fingerprint density at radius 3 is 2.12 bits per heavy atom. The third kappa shape index (κ3) is 12.0. The van der Waals surface area contributed by atoms with Crippen molar-refractivity contribution in [3.63, 3.8) is 0 Å². The maximum Gasteiger partial charge on any atom is 0.220 e. The quantitative estimate of drug-likeness (QED) is 0.452. The normalized spacial score (nSPS) is 10.4. The van der Waals surface area contributed by atoms with Crippen molar-refractivity contribution in [1.29, 1.82) is 0 Å². The summed E-state index contributed by atoms with van der Waals surface area (Å²) >= 11 is 3.25. The van der Waals surface area contributed by atoms with E-state index in [-0.39, 0.29) is 5.91 Å². The summed E-state index contributed by atoms with van der Waals surface area (Å²) in [6.07, 6.45) is 11.1. The molecule has 0 bridgehead atoms. The highest BCUT2D eigenvalue weighted by molar-refractivity contribution is 9.09. The van der Waals surface area contributed by atoms with Gasteiger partial charge < -0.3 is 5.32 Å². The lowest BCUT2D eigenvalue weighted by Gasteiger charge is -2.04. The first kappa shape index (κ1) is 16.0. The smallest absolute Gasteiger partial charge is 0.220 e. The molecule has 16 heavy (non-hydrogen) atoms. The van der Waals surface area contributed by atoms with Crippen LogP contribution < -0.4 is 5.32 Å². The molecule has 0 aliphatic rings. The molecule has 0 atom stereocenters. The van der Waals surface area contributed by atoms with Gasteiger partial charge in [-0.15, -0.1) is 0 Å². The lowest BCUT2D eigenvalue weighted by Crippen LogP contribution is -2.24. The van der Waals surface area contributed by atoms with E-state index in [1.807, 2.05) is 0 Å². The van der Waals surface area contributed by atoms with Crippen LogP contribution in [0.25, 0.3) is 0 Å². The molecule has 0 spiro atoms. The zero-order valence-electron chi connectivity index (χ0n) is 10.6. The van der Waals surface area contributed by atoms with Crippen molar-refractivity contribution in [1.82, 2.24) is 5.32 Å². The SMILES string of the molecule is CCCCCCCCCCNC(=O)CCBr. The van der Waals surface area contributed by atoms with Crippen molar-refractivity contribution in [3.8, 4) is 0 Å². The third-order valence-electron chi connectivity index (χ3n) is 2.67. The van der Waals surface area contributed by atoms with Gasteiger partial charge in [-0.05, 0) is 6.42 Å². The molecule has 0 saturated carbocycles. The standard InChI is InChI=1S/C13H26BrNO/c1-2-3-4-5-6-7-8-9-12-15-13(16)10-11-14/h2-12H2,1H3,(H,15,16). The monoisotopic (exact) mass is 291 g/mol. The minimum atomic E-state index is 0.167. The fourth-order valence-corrected chi connectivity index (χ4v) is 2.02. The first-order valence-corrected chi connectivity index (χ1v) is 7.76. The average Bonchev–Trinajstić information content (AvgIpc) is 2.27. The van der Waals surface area contributed by atoms with Crippen LogP contribution in [-0.4, -0.2) is 17.8 Å². The number of halogens is 1. The van der Waals surface area contributed by atoms with E-state index in [9.17, 15) is 4.79 Å². The number of carbonyl (C=O) groups excluding carboxylic acids is 1. The third-order valence-corrected chi connectivity index (χ3v) is 3.07. The molecule has 0 radical (unpaired) electrons. The number of unbranched alkanes of at least 4 members (excludes halogenated alkanes) is 7. The molecule has 96 valence electrons. The maximum atomic E-state index is 11.1. The molecule has 0 heterocycles. The van der Waals surface area contributed by atoms with Gasteiger partial charge in [-0.3, -0.25) is 4.79 Å². The summed E-state index contributed by atoms with van der Waals surface area (Å²) in [5.74, 6) is 0.167. The van der Waals surface area contributed by atoms with Gasteiger partial charge in [0.2, 0.25) is 5.91 Å². The van der Waals surface area contributed by atoms with Crippen molar-refractivity contribution in [3.05, 3.63) is 0 Å². The predicted molar refractivity (Wildman–Crippen MR) is 74.0 cm³/mol. The molecule has 0 aromatic carbocycles. The zero-order valence-corrected chi connectivity index (χ0v) is 12.2. The van der Waals surface area contributed by atoms with Crippen LogP contribution in [0.4, 0.5) is 0 Å². The van der Waals surface area contributed by atoms with E-state index in [0.29, 0.717) is 6.42 Å². The first-order valence-electron chi connectivity index (χ1n) is 6.64. The minimum Gasteiger partial charge on any atom is -0.356 e. The summed E-state index contributed by atoms with van der Waals surface area (Å²) in [5, 5.41) is 3.69. The Balaban J connectivity index is 3.01. The predicted octanol–water partition coefficient (Wildman–Crippen LogP) is 4.03. The second-order valence-electron chi connectivity index (χ2n) is 4.26. The van der Waals surface area contributed by atoms with Crippen molar-refractivity contribution in [2.24, 2.45) is 0 Å². The van der Waals surface area contributed by atoms with Crippen molar-refractivity contribution in [2.75, 3.05) is 11.9 Å².